The molecule has 1 fully saturated rings. The van der Waals surface area contributed by atoms with E-state index in [-0.39, 0.29) is 0 Å². The quantitative estimate of drug-likeness (QED) is 0.825. The van der Waals surface area contributed by atoms with Crippen LogP contribution in [0.2, 0.25) is 10.0 Å². The van der Waals surface area contributed by atoms with E-state index in [9.17, 15) is 0 Å². The molecule has 1 aromatic rings. The minimum atomic E-state index is 0.523. The number of nitrogens with zero attached hydrogens (tertiary/aromatic N) is 2. The average molecular weight is 316 g/mol. The first-order valence-corrected chi connectivity index (χ1v) is 8.25. The second kappa shape index (κ2) is 8.06. The molecule has 0 atom stereocenters. The number of pyridine rings is 1. The highest BCUT2D eigenvalue weighted by Gasteiger charge is 2.22. The molecule has 2 rings (SSSR count). The smallest absolute Gasteiger partial charge is 0.147 e. The van der Waals surface area contributed by atoms with Gasteiger partial charge in [-0.05, 0) is 31.9 Å². The molecular formula is C15H23Cl2N3. The lowest BCUT2D eigenvalue weighted by Gasteiger charge is -2.33. The molecule has 0 bridgehead atoms. The lowest BCUT2D eigenvalue weighted by Crippen LogP contribution is -2.37. The van der Waals surface area contributed by atoms with E-state index >= 15 is 0 Å². The summed E-state index contributed by atoms with van der Waals surface area (Å²) in [6.07, 6.45) is 10.3. The number of anilines is 1. The molecule has 0 spiro atoms. The first-order chi connectivity index (χ1) is 9.72. The van der Waals surface area contributed by atoms with Crippen molar-refractivity contribution in [1.82, 2.24) is 4.98 Å². The Hall–Kier alpha value is -0.510. The third-order valence-corrected chi connectivity index (χ3v) is 4.41. The fourth-order valence-corrected chi connectivity index (χ4v) is 3.40. The van der Waals surface area contributed by atoms with E-state index in [2.05, 4.69) is 9.88 Å². The number of hydrogen-bond donors (Lipinski definition) is 1. The van der Waals surface area contributed by atoms with Gasteiger partial charge in [0.15, 0.2) is 0 Å². The van der Waals surface area contributed by atoms with Gasteiger partial charge in [-0.2, -0.15) is 0 Å². The third-order valence-electron chi connectivity index (χ3n) is 3.93. The summed E-state index contributed by atoms with van der Waals surface area (Å²) in [5.41, 5.74) is 5.68. The molecule has 3 nitrogen and oxygen atoms in total. The van der Waals surface area contributed by atoms with Gasteiger partial charge in [-0.1, -0.05) is 48.9 Å². The molecule has 5 heteroatoms. The lowest BCUT2D eigenvalue weighted by molar-refractivity contribution is 0.515. The summed E-state index contributed by atoms with van der Waals surface area (Å²) in [4.78, 5) is 6.80. The topological polar surface area (TPSA) is 42.1 Å². The van der Waals surface area contributed by atoms with Crippen LogP contribution < -0.4 is 10.6 Å². The first kappa shape index (κ1) is 15.9. The van der Waals surface area contributed by atoms with Gasteiger partial charge < -0.3 is 10.6 Å². The molecule has 0 saturated heterocycles. The molecule has 1 aliphatic carbocycles. The Morgan fingerprint density at radius 3 is 2.50 bits per heavy atom. The van der Waals surface area contributed by atoms with Crippen molar-refractivity contribution >= 4 is 29.0 Å². The van der Waals surface area contributed by atoms with Gasteiger partial charge in [0.1, 0.15) is 5.82 Å². The van der Waals surface area contributed by atoms with Gasteiger partial charge in [-0.25, -0.2) is 4.98 Å². The zero-order valence-corrected chi connectivity index (χ0v) is 13.3. The molecule has 1 heterocycles. The van der Waals surface area contributed by atoms with Crippen LogP contribution in [0.25, 0.3) is 0 Å². The minimum Gasteiger partial charge on any atom is -0.352 e. The van der Waals surface area contributed by atoms with Gasteiger partial charge in [0.25, 0.3) is 0 Å². The Balaban J connectivity index is 2.20. The minimum absolute atomic E-state index is 0.523. The average Bonchev–Trinajstić information content (AvgIpc) is 2.70. The SMILES string of the molecule is NCCCN(c1ncc(Cl)cc1Cl)C1CCCCCC1. The second-order valence-corrected chi connectivity index (χ2v) is 6.28. The monoisotopic (exact) mass is 315 g/mol. The van der Waals surface area contributed by atoms with Crippen molar-refractivity contribution in [3.63, 3.8) is 0 Å². The number of aromatic nitrogens is 1. The van der Waals surface area contributed by atoms with Gasteiger partial charge >= 0.3 is 0 Å². The van der Waals surface area contributed by atoms with Crippen molar-refractivity contribution in [3.8, 4) is 0 Å². The van der Waals surface area contributed by atoms with Crippen molar-refractivity contribution in [2.75, 3.05) is 18.0 Å². The van der Waals surface area contributed by atoms with Crippen LogP contribution in [0.4, 0.5) is 5.82 Å². The molecule has 1 aliphatic rings. The molecule has 0 amide bonds. The molecule has 2 N–H and O–H groups in total. The summed E-state index contributed by atoms with van der Waals surface area (Å²) in [5, 5.41) is 1.22. The molecular weight excluding hydrogens is 293 g/mol. The van der Waals surface area contributed by atoms with E-state index in [1.807, 2.05) is 0 Å². The predicted molar refractivity (Wildman–Crippen MR) is 86.8 cm³/mol. The lowest BCUT2D eigenvalue weighted by atomic mass is 10.1. The maximum absolute atomic E-state index is 6.34. The molecule has 1 saturated carbocycles. The maximum Gasteiger partial charge on any atom is 0.147 e. The molecule has 20 heavy (non-hydrogen) atoms. The molecule has 0 radical (unpaired) electrons. The van der Waals surface area contributed by atoms with E-state index in [0.717, 1.165) is 18.8 Å². The molecule has 1 aromatic heterocycles. The normalized spacial score (nSPS) is 16.9. The standard InChI is InChI=1S/C15H23Cl2N3/c16-12-10-14(17)15(19-11-12)20(9-5-8-18)13-6-3-1-2-4-7-13/h10-11,13H,1-9,18H2. The molecule has 0 aliphatic heterocycles. The summed E-state index contributed by atoms with van der Waals surface area (Å²) in [5.74, 6) is 0.858. The largest absolute Gasteiger partial charge is 0.352 e. The Kier molecular flexibility index (Phi) is 6.40. The predicted octanol–water partition coefficient (Wildman–Crippen LogP) is 4.27. The summed E-state index contributed by atoms with van der Waals surface area (Å²) in [6.45, 7) is 1.60. The number of nitrogens with two attached hydrogens (primary N) is 1. The van der Waals surface area contributed by atoms with Crippen LogP contribution in [-0.2, 0) is 0 Å². The second-order valence-electron chi connectivity index (χ2n) is 5.44. The van der Waals surface area contributed by atoms with Crippen molar-refractivity contribution in [3.05, 3.63) is 22.3 Å². The van der Waals surface area contributed by atoms with Crippen molar-refractivity contribution in [2.24, 2.45) is 5.73 Å². The van der Waals surface area contributed by atoms with Crippen LogP contribution in [0, 0.1) is 0 Å². The van der Waals surface area contributed by atoms with Crippen molar-refractivity contribution in [1.29, 1.82) is 0 Å². The van der Waals surface area contributed by atoms with E-state index in [4.69, 9.17) is 28.9 Å². The van der Waals surface area contributed by atoms with E-state index < -0.39 is 0 Å². The number of halogens is 2. The fraction of sp³-hybridized carbons (Fsp3) is 0.667. The van der Waals surface area contributed by atoms with E-state index in [0.29, 0.717) is 22.6 Å². The Labute approximate surface area is 131 Å². The van der Waals surface area contributed by atoms with Crippen LogP contribution >= 0.6 is 23.2 Å². The Morgan fingerprint density at radius 1 is 1.20 bits per heavy atom. The van der Waals surface area contributed by atoms with Crippen molar-refractivity contribution < 1.29 is 0 Å². The molecule has 112 valence electrons. The Bertz CT molecular complexity index is 418. The number of hydrogen-bond acceptors (Lipinski definition) is 3. The molecule has 0 aromatic carbocycles. The molecule has 0 unspecified atom stereocenters. The maximum atomic E-state index is 6.34. The summed E-state index contributed by atoms with van der Waals surface area (Å²) in [7, 11) is 0. The zero-order chi connectivity index (χ0) is 14.4. The summed E-state index contributed by atoms with van der Waals surface area (Å²) < 4.78 is 0. The van der Waals surface area contributed by atoms with E-state index in [1.54, 1.807) is 12.3 Å². The highest BCUT2D eigenvalue weighted by atomic mass is 35.5. The Morgan fingerprint density at radius 2 is 1.90 bits per heavy atom. The highest BCUT2D eigenvalue weighted by Crippen LogP contribution is 2.31. The van der Waals surface area contributed by atoms with Crippen LogP contribution in [0.5, 0.6) is 0 Å². The first-order valence-electron chi connectivity index (χ1n) is 7.50. The highest BCUT2D eigenvalue weighted by molar-refractivity contribution is 6.36. The van der Waals surface area contributed by atoms with Crippen LogP contribution in [0.3, 0.4) is 0 Å². The number of rotatable bonds is 5. The van der Waals surface area contributed by atoms with Gasteiger partial charge in [0.2, 0.25) is 0 Å². The fourth-order valence-electron chi connectivity index (χ4n) is 2.91. The van der Waals surface area contributed by atoms with E-state index in [1.165, 1.54) is 38.5 Å². The van der Waals surface area contributed by atoms with Crippen LogP contribution in [0.1, 0.15) is 44.9 Å². The van der Waals surface area contributed by atoms with Crippen molar-refractivity contribution in [2.45, 2.75) is 51.0 Å². The summed E-state index contributed by atoms with van der Waals surface area (Å²) in [6, 6.07) is 2.30. The van der Waals surface area contributed by atoms with Gasteiger partial charge in [0.05, 0.1) is 10.0 Å². The zero-order valence-electron chi connectivity index (χ0n) is 11.8. The van der Waals surface area contributed by atoms with Gasteiger partial charge in [-0.15, -0.1) is 0 Å². The van der Waals surface area contributed by atoms with Crippen LogP contribution in [-0.4, -0.2) is 24.1 Å². The third kappa shape index (κ3) is 4.24. The van der Waals surface area contributed by atoms with Crippen LogP contribution in [0.15, 0.2) is 12.3 Å². The van der Waals surface area contributed by atoms with Gasteiger partial charge in [-0.3, -0.25) is 0 Å². The summed E-state index contributed by atoms with van der Waals surface area (Å²) >= 11 is 12.3. The van der Waals surface area contributed by atoms with Gasteiger partial charge in [0, 0.05) is 18.8 Å².